The molecule has 0 aromatic carbocycles. The highest BCUT2D eigenvalue weighted by molar-refractivity contribution is 4.86. The molecule has 2 heterocycles. The Labute approximate surface area is 132 Å². The second-order valence-electron chi connectivity index (χ2n) is 9.76. The molecule has 0 atom stereocenters. The Hall–Kier alpha value is -0.120. The van der Waals surface area contributed by atoms with Crippen molar-refractivity contribution in [2.75, 3.05) is 58.9 Å². The average Bonchev–Trinajstić information content (AvgIpc) is 2.25. The summed E-state index contributed by atoms with van der Waals surface area (Å²) >= 11 is 0. The van der Waals surface area contributed by atoms with E-state index in [1.165, 1.54) is 58.9 Å². The van der Waals surface area contributed by atoms with E-state index < -0.39 is 0 Å². The smallest absolute Gasteiger partial charge is 0.0110 e. The number of hydrogen-bond acceptors (Lipinski definition) is 3. The first-order chi connectivity index (χ1) is 9.61. The van der Waals surface area contributed by atoms with Crippen molar-refractivity contribution < 1.29 is 0 Å². The summed E-state index contributed by atoms with van der Waals surface area (Å²) < 4.78 is 0. The molecule has 0 aromatic heterocycles. The van der Waals surface area contributed by atoms with Crippen LogP contribution in [0.1, 0.15) is 41.5 Å². The van der Waals surface area contributed by atoms with Gasteiger partial charge in [0.25, 0.3) is 0 Å². The SMILES string of the molecule is CC(C)(C)CN1CCN(CC2CN(CC(C)(C)C)C2)CC1. The fraction of sp³-hybridized carbons (Fsp3) is 1.00. The van der Waals surface area contributed by atoms with Gasteiger partial charge in [0.05, 0.1) is 0 Å². The van der Waals surface area contributed by atoms with Gasteiger partial charge in [-0.15, -0.1) is 0 Å². The Morgan fingerprint density at radius 1 is 0.667 bits per heavy atom. The highest BCUT2D eigenvalue weighted by Crippen LogP contribution is 2.24. The summed E-state index contributed by atoms with van der Waals surface area (Å²) in [7, 11) is 0. The van der Waals surface area contributed by atoms with Crippen LogP contribution in [0.3, 0.4) is 0 Å². The van der Waals surface area contributed by atoms with E-state index in [1.54, 1.807) is 0 Å². The Morgan fingerprint density at radius 2 is 1.10 bits per heavy atom. The van der Waals surface area contributed by atoms with Gasteiger partial charge in [-0.2, -0.15) is 0 Å². The number of rotatable bonds is 4. The maximum Gasteiger partial charge on any atom is 0.0110 e. The van der Waals surface area contributed by atoms with Crippen LogP contribution in [0.15, 0.2) is 0 Å². The number of likely N-dealkylation sites (tertiary alicyclic amines) is 1. The average molecular weight is 296 g/mol. The molecule has 2 fully saturated rings. The summed E-state index contributed by atoms with van der Waals surface area (Å²) in [6, 6.07) is 0. The lowest BCUT2D eigenvalue weighted by Crippen LogP contribution is -2.56. The third-order valence-electron chi connectivity index (χ3n) is 4.41. The van der Waals surface area contributed by atoms with Crippen molar-refractivity contribution in [1.29, 1.82) is 0 Å². The molecule has 2 aliphatic heterocycles. The predicted molar refractivity (Wildman–Crippen MR) is 91.7 cm³/mol. The molecule has 21 heavy (non-hydrogen) atoms. The molecular formula is C18H37N3. The van der Waals surface area contributed by atoms with Gasteiger partial charge in [0.15, 0.2) is 0 Å². The molecule has 2 saturated heterocycles. The van der Waals surface area contributed by atoms with Crippen molar-refractivity contribution in [2.24, 2.45) is 16.7 Å². The molecule has 2 aliphatic rings. The van der Waals surface area contributed by atoms with Crippen LogP contribution >= 0.6 is 0 Å². The first-order valence-corrected chi connectivity index (χ1v) is 8.78. The predicted octanol–water partition coefficient (Wildman–Crippen LogP) is 2.63. The van der Waals surface area contributed by atoms with Crippen LogP contribution in [0.2, 0.25) is 0 Å². The number of hydrogen-bond donors (Lipinski definition) is 0. The van der Waals surface area contributed by atoms with Gasteiger partial charge in [-0.25, -0.2) is 0 Å². The first kappa shape index (κ1) is 17.2. The maximum atomic E-state index is 2.69. The van der Waals surface area contributed by atoms with E-state index in [-0.39, 0.29) is 0 Å². The molecule has 0 saturated carbocycles. The van der Waals surface area contributed by atoms with Gasteiger partial charge in [0.2, 0.25) is 0 Å². The molecular weight excluding hydrogens is 258 g/mol. The number of piperazine rings is 1. The number of nitrogens with zero attached hydrogens (tertiary/aromatic N) is 3. The van der Waals surface area contributed by atoms with Gasteiger partial charge in [-0.3, -0.25) is 0 Å². The summed E-state index contributed by atoms with van der Waals surface area (Å²) in [5.41, 5.74) is 0.882. The minimum absolute atomic E-state index is 0.434. The largest absolute Gasteiger partial charge is 0.302 e. The quantitative estimate of drug-likeness (QED) is 0.789. The second-order valence-corrected chi connectivity index (χ2v) is 9.76. The van der Waals surface area contributed by atoms with Crippen molar-refractivity contribution in [2.45, 2.75) is 41.5 Å². The molecule has 0 amide bonds. The molecule has 2 rings (SSSR count). The molecule has 0 spiro atoms. The van der Waals surface area contributed by atoms with Crippen molar-refractivity contribution >= 4 is 0 Å². The van der Waals surface area contributed by atoms with E-state index in [4.69, 9.17) is 0 Å². The van der Waals surface area contributed by atoms with Gasteiger partial charge < -0.3 is 14.7 Å². The van der Waals surface area contributed by atoms with E-state index in [9.17, 15) is 0 Å². The summed E-state index contributed by atoms with van der Waals surface area (Å²) in [5.74, 6) is 0.918. The first-order valence-electron chi connectivity index (χ1n) is 8.78. The highest BCUT2D eigenvalue weighted by atomic mass is 15.3. The molecule has 0 unspecified atom stereocenters. The van der Waals surface area contributed by atoms with Gasteiger partial charge >= 0.3 is 0 Å². The van der Waals surface area contributed by atoms with E-state index in [1.807, 2.05) is 0 Å². The van der Waals surface area contributed by atoms with E-state index in [0.717, 1.165) is 5.92 Å². The maximum absolute atomic E-state index is 2.69. The summed E-state index contributed by atoms with van der Waals surface area (Å²) in [5, 5.41) is 0. The third-order valence-corrected chi connectivity index (χ3v) is 4.41. The summed E-state index contributed by atoms with van der Waals surface area (Å²) in [6.07, 6.45) is 0. The van der Waals surface area contributed by atoms with Gasteiger partial charge in [0, 0.05) is 58.9 Å². The van der Waals surface area contributed by atoms with E-state index in [0.29, 0.717) is 10.8 Å². The topological polar surface area (TPSA) is 9.72 Å². The lowest BCUT2D eigenvalue weighted by atomic mass is 9.91. The zero-order valence-corrected chi connectivity index (χ0v) is 15.3. The van der Waals surface area contributed by atoms with Gasteiger partial charge in [-0.1, -0.05) is 41.5 Å². The molecule has 0 N–H and O–H groups in total. The second kappa shape index (κ2) is 6.55. The Morgan fingerprint density at radius 3 is 1.57 bits per heavy atom. The fourth-order valence-corrected chi connectivity index (χ4v) is 3.76. The fourth-order valence-electron chi connectivity index (χ4n) is 3.76. The minimum Gasteiger partial charge on any atom is -0.302 e. The van der Waals surface area contributed by atoms with Crippen molar-refractivity contribution in [3.05, 3.63) is 0 Å². The van der Waals surface area contributed by atoms with Crippen LogP contribution in [0.5, 0.6) is 0 Å². The third kappa shape index (κ3) is 6.25. The Balaban J connectivity index is 1.60. The standard InChI is InChI=1S/C18H37N3/c1-17(2,3)14-20-9-7-19(8-10-20)11-16-12-21(13-16)15-18(4,5)6/h16H,7-15H2,1-6H3. The summed E-state index contributed by atoms with van der Waals surface area (Å²) in [4.78, 5) is 7.96. The van der Waals surface area contributed by atoms with Crippen molar-refractivity contribution in [1.82, 2.24) is 14.7 Å². The molecule has 0 radical (unpaired) electrons. The minimum atomic E-state index is 0.434. The summed E-state index contributed by atoms with van der Waals surface area (Å²) in [6.45, 7) is 25.6. The van der Waals surface area contributed by atoms with Crippen LogP contribution in [0.25, 0.3) is 0 Å². The molecule has 0 bridgehead atoms. The molecule has 124 valence electrons. The van der Waals surface area contributed by atoms with E-state index in [2.05, 4.69) is 56.2 Å². The normalized spacial score (nSPS) is 24.3. The van der Waals surface area contributed by atoms with Crippen molar-refractivity contribution in [3.63, 3.8) is 0 Å². The Bertz CT molecular complexity index is 312. The van der Waals surface area contributed by atoms with E-state index >= 15 is 0 Å². The van der Waals surface area contributed by atoms with Crippen LogP contribution < -0.4 is 0 Å². The van der Waals surface area contributed by atoms with Gasteiger partial charge in [0.1, 0.15) is 0 Å². The molecule has 0 aromatic rings. The van der Waals surface area contributed by atoms with Crippen molar-refractivity contribution in [3.8, 4) is 0 Å². The Kier molecular flexibility index (Phi) is 5.38. The zero-order valence-electron chi connectivity index (χ0n) is 15.3. The van der Waals surface area contributed by atoms with Crippen LogP contribution in [-0.2, 0) is 0 Å². The molecule has 0 aliphatic carbocycles. The van der Waals surface area contributed by atoms with Gasteiger partial charge in [-0.05, 0) is 16.7 Å². The lowest BCUT2D eigenvalue weighted by Gasteiger charge is -2.46. The molecule has 3 heteroatoms. The monoisotopic (exact) mass is 295 g/mol. The zero-order chi connectivity index (χ0) is 15.7. The van der Waals surface area contributed by atoms with Crippen LogP contribution in [0, 0.1) is 16.7 Å². The van der Waals surface area contributed by atoms with Crippen LogP contribution in [0.4, 0.5) is 0 Å². The highest BCUT2D eigenvalue weighted by Gasteiger charge is 2.31. The lowest BCUT2D eigenvalue weighted by molar-refractivity contribution is 0.0242. The van der Waals surface area contributed by atoms with Crippen LogP contribution in [-0.4, -0.2) is 73.6 Å². The molecule has 3 nitrogen and oxygen atoms in total.